The molecule has 0 radical (unpaired) electrons. The Bertz CT molecular complexity index is 219. The van der Waals surface area contributed by atoms with Gasteiger partial charge in [0, 0.05) is 18.5 Å². The number of piperidine rings is 1. The lowest BCUT2D eigenvalue weighted by molar-refractivity contribution is 0.0871. The third-order valence-electron chi connectivity index (χ3n) is 3.84. The van der Waals surface area contributed by atoms with Gasteiger partial charge in [-0.2, -0.15) is 0 Å². The van der Waals surface area contributed by atoms with Gasteiger partial charge in [-0.05, 0) is 45.8 Å². The van der Waals surface area contributed by atoms with E-state index in [0.717, 1.165) is 25.3 Å². The van der Waals surface area contributed by atoms with Crippen LogP contribution in [0.4, 0.5) is 0 Å². The van der Waals surface area contributed by atoms with E-state index in [1.165, 1.54) is 13.0 Å². The summed E-state index contributed by atoms with van der Waals surface area (Å²) in [4.78, 5) is 2.58. The van der Waals surface area contributed by atoms with Crippen molar-refractivity contribution in [2.45, 2.75) is 45.2 Å². The standard InChI is InChI=1S/C13H24N2/c1-5-6-7-9-15-10-8-13(14-4)11(2)12(15)3/h1,11-14H,6-10H2,2-4H3. The van der Waals surface area contributed by atoms with Gasteiger partial charge >= 0.3 is 0 Å². The maximum atomic E-state index is 5.27. The molecule has 0 spiro atoms. The molecule has 1 heterocycles. The van der Waals surface area contributed by atoms with Crippen LogP contribution in [0.15, 0.2) is 0 Å². The third kappa shape index (κ3) is 3.22. The van der Waals surface area contributed by atoms with Crippen LogP contribution in [0, 0.1) is 18.3 Å². The first kappa shape index (κ1) is 12.5. The largest absolute Gasteiger partial charge is 0.317 e. The molecule has 3 unspecified atom stereocenters. The van der Waals surface area contributed by atoms with E-state index in [4.69, 9.17) is 6.42 Å². The summed E-state index contributed by atoms with van der Waals surface area (Å²) >= 11 is 0. The van der Waals surface area contributed by atoms with E-state index in [0.29, 0.717) is 12.1 Å². The first-order valence-electron chi connectivity index (χ1n) is 6.05. The van der Waals surface area contributed by atoms with Gasteiger partial charge in [-0.25, -0.2) is 0 Å². The van der Waals surface area contributed by atoms with E-state index in [9.17, 15) is 0 Å². The lowest BCUT2D eigenvalue weighted by Crippen LogP contribution is -2.52. The van der Waals surface area contributed by atoms with Gasteiger partial charge in [0.25, 0.3) is 0 Å². The van der Waals surface area contributed by atoms with Gasteiger partial charge in [0.2, 0.25) is 0 Å². The van der Waals surface area contributed by atoms with Crippen LogP contribution in [0.2, 0.25) is 0 Å². The zero-order chi connectivity index (χ0) is 11.3. The maximum absolute atomic E-state index is 5.27. The molecule has 1 saturated heterocycles. The predicted octanol–water partition coefficient (Wildman–Crippen LogP) is 1.72. The summed E-state index contributed by atoms with van der Waals surface area (Å²) in [6, 6.07) is 1.36. The molecule has 0 aromatic rings. The molecule has 1 fully saturated rings. The number of hydrogen-bond acceptors (Lipinski definition) is 2. The lowest BCUT2D eigenvalue weighted by Gasteiger charge is -2.42. The number of terminal acetylenes is 1. The van der Waals surface area contributed by atoms with Crippen LogP contribution in [-0.2, 0) is 0 Å². The van der Waals surface area contributed by atoms with Crippen LogP contribution in [-0.4, -0.2) is 37.1 Å². The van der Waals surface area contributed by atoms with Crippen molar-refractivity contribution in [3.05, 3.63) is 0 Å². The number of unbranched alkanes of at least 4 members (excludes halogenated alkanes) is 1. The minimum atomic E-state index is 0.675. The minimum absolute atomic E-state index is 0.675. The third-order valence-corrected chi connectivity index (χ3v) is 3.84. The van der Waals surface area contributed by atoms with Crippen molar-refractivity contribution in [1.29, 1.82) is 0 Å². The Hall–Kier alpha value is -0.520. The van der Waals surface area contributed by atoms with Crippen molar-refractivity contribution in [2.24, 2.45) is 5.92 Å². The van der Waals surface area contributed by atoms with Gasteiger partial charge in [-0.1, -0.05) is 6.92 Å². The Labute approximate surface area is 94.4 Å². The van der Waals surface area contributed by atoms with Gasteiger partial charge in [0.05, 0.1) is 0 Å². The molecular formula is C13H24N2. The van der Waals surface area contributed by atoms with Crippen molar-refractivity contribution in [3.8, 4) is 12.3 Å². The summed E-state index contributed by atoms with van der Waals surface area (Å²) in [7, 11) is 2.07. The van der Waals surface area contributed by atoms with Crippen molar-refractivity contribution < 1.29 is 0 Å². The first-order chi connectivity index (χ1) is 7.20. The highest BCUT2D eigenvalue weighted by atomic mass is 15.2. The van der Waals surface area contributed by atoms with E-state index < -0.39 is 0 Å². The monoisotopic (exact) mass is 208 g/mol. The fourth-order valence-electron chi connectivity index (χ4n) is 2.55. The summed E-state index contributed by atoms with van der Waals surface area (Å²) in [6.07, 6.45) is 8.58. The number of hydrogen-bond donors (Lipinski definition) is 1. The summed E-state index contributed by atoms with van der Waals surface area (Å²) in [5, 5.41) is 3.41. The summed E-state index contributed by atoms with van der Waals surface area (Å²) in [5.41, 5.74) is 0. The van der Waals surface area contributed by atoms with Gasteiger partial charge in [-0.15, -0.1) is 12.3 Å². The highest BCUT2D eigenvalue weighted by Crippen LogP contribution is 2.23. The second-order valence-electron chi connectivity index (χ2n) is 4.63. The van der Waals surface area contributed by atoms with Gasteiger partial charge in [-0.3, -0.25) is 0 Å². The Balaban J connectivity index is 2.39. The normalized spacial score (nSPS) is 32.5. The zero-order valence-corrected chi connectivity index (χ0v) is 10.3. The van der Waals surface area contributed by atoms with Crippen LogP contribution >= 0.6 is 0 Å². The van der Waals surface area contributed by atoms with Crippen molar-refractivity contribution in [2.75, 3.05) is 20.1 Å². The van der Waals surface area contributed by atoms with E-state index >= 15 is 0 Å². The molecule has 0 aromatic carbocycles. The van der Waals surface area contributed by atoms with Crippen molar-refractivity contribution in [3.63, 3.8) is 0 Å². The zero-order valence-electron chi connectivity index (χ0n) is 10.3. The van der Waals surface area contributed by atoms with Crippen LogP contribution < -0.4 is 5.32 Å². The quantitative estimate of drug-likeness (QED) is 0.559. The molecule has 1 N–H and O–H groups in total. The molecule has 0 saturated carbocycles. The van der Waals surface area contributed by atoms with E-state index in [-0.39, 0.29) is 0 Å². The summed E-state index contributed by atoms with van der Waals surface area (Å²) in [6.45, 7) is 7.05. The molecule has 1 aliphatic rings. The summed E-state index contributed by atoms with van der Waals surface area (Å²) < 4.78 is 0. The van der Waals surface area contributed by atoms with Crippen molar-refractivity contribution in [1.82, 2.24) is 10.2 Å². The average Bonchev–Trinajstić information content (AvgIpc) is 2.25. The van der Waals surface area contributed by atoms with Gasteiger partial charge in [0.15, 0.2) is 0 Å². The fraction of sp³-hybridized carbons (Fsp3) is 0.846. The highest BCUT2D eigenvalue weighted by Gasteiger charge is 2.30. The van der Waals surface area contributed by atoms with Crippen molar-refractivity contribution >= 4 is 0 Å². The highest BCUT2D eigenvalue weighted by molar-refractivity contribution is 4.89. The molecule has 0 amide bonds. The Morgan fingerprint density at radius 3 is 2.80 bits per heavy atom. The molecule has 3 atom stereocenters. The van der Waals surface area contributed by atoms with E-state index in [1.807, 2.05) is 0 Å². The van der Waals surface area contributed by atoms with E-state index in [2.05, 4.69) is 37.0 Å². The Kier molecular flexibility index (Phi) is 5.14. The molecule has 0 bridgehead atoms. The maximum Gasteiger partial charge on any atom is 0.0117 e. The molecule has 86 valence electrons. The molecule has 1 aliphatic heterocycles. The summed E-state index contributed by atoms with van der Waals surface area (Å²) in [5.74, 6) is 3.45. The number of likely N-dealkylation sites (tertiary alicyclic amines) is 1. The molecule has 0 aliphatic carbocycles. The topological polar surface area (TPSA) is 15.3 Å². The fourth-order valence-corrected chi connectivity index (χ4v) is 2.55. The predicted molar refractivity (Wildman–Crippen MR) is 65.7 cm³/mol. The molecule has 0 aromatic heterocycles. The van der Waals surface area contributed by atoms with Gasteiger partial charge in [0.1, 0.15) is 0 Å². The number of nitrogens with zero attached hydrogens (tertiary/aromatic N) is 1. The molecule has 15 heavy (non-hydrogen) atoms. The first-order valence-corrected chi connectivity index (χ1v) is 6.05. The van der Waals surface area contributed by atoms with Crippen LogP contribution in [0.3, 0.4) is 0 Å². The van der Waals surface area contributed by atoms with Crippen LogP contribution in [0.1, 0.15) is 33.1 Å². The second-order valence-corrected chi connectivity index (χ2v) is 4.63. The molecule has 2 heteroatoms. The molecule has 1 rings (SSSR count). The van der Waals surface area contributed by atoms with Gasteiger partial charge < -0.3 is 10.2 Å². The second kappa shape index (κ2) is 6.15. The number of rotatable bonds is 4. The average molecular weight is 208 g/mol. The Morgan fingerprint density at radius 2 is 2.20 bits per heavy atom. The Morgan fingerprint density at radius 1 is 1.47 bits per heavy atom. The molecule has 2 nitrogen and oxygen atoms in total. The van der Waals surface area contributed by atoms with Crippen LogP contribution in [0.5, 0.6) is 0 Å². The molecular weight excluding hydrogens is 184 g/mol. The minimum Gasteiger partial charge on any atom is -0.317 e. The smallest absolute Gasteiger partial charge is 0.0117 e. The lowest BCUT2D eigenvalue weighted by atomic mass is 9.87. The SMILES string of the molecule is C#CCCCN1CCC(NC)C(C)C1C. The van der Waals surface area contributed by atoms with Crippen LogP contribution in [0.25, 0.3) is 0 Å². The number of nitrogens with one attached hydrogen (secondary N) is 1. The van der Waals surface area contributed by atoms with E-state index in [1.54, 1.807) is 0 Å².